The average molecular weight is 731 g/mol. The zero-order chi connectivity index (χ0) is 37.1. The Balaban J connectivity index is 1.26. The van der Waals surface area contributed by atoms with Gasteiger partial charge in [0, 0.05) is 36.9 Å². The van der Waals surface area contributed by atoms with Crippen molar-refractivity contribution >= 4 is 31.5 Å². The van der Waals surface area contributed by atoms with Crippen LogP contribution in [-0.2, 0) is 5.41 Å². The van der Waals surface area contributed by atoms with Crippen LogP contribution < -0.4 is 0 Å². The Kier molecular flexibility index (Phi) is 7.61. The first kappa shape index (κ1) is 32.5. The lowest BCUT2D eigenvalue weighted by molar-refractivity contribution is 0.768. The van der Waals surface area contributed by atoms with Gasteiger partial charge in [0.15, 0.2) is 5.82 Å². The lowest BCUT2D eigenvalue weighted by Crippen LogP contribution is -2.28. The second-order valence-corrected chi connectivity index (χ2v) is 15.6. The van der Waals surface area contributed by atoms with Crippen LogP contribution in [0.2, 0.25) is 0 Å². The van der Waals surface area contributed by atoms with Crippen LogP contribution >= 0.6 is 11.3 Å². The zero-order valence-electron chi connectivity index (χ0n) is 30.4. The molecule has 8 aromatic carbocycles. The second-order valence-electron chi connectivity index (χ2n) is 14.5. The predicted octanol–water partition coefficient (Wildman–Crippen LogP) is 13.9. The fraction of sp³-hybridized carbons (Fsp3) is 0.0189. The molecular weight excluding hydrogens is 697 g/mol. The molecule has 0 spiro atoms. The summed E-state index contributed by atoms with van der Waals surface area (Å²) in [5.41, 5.74) is 14.0. The van der Waals surface area contributed by atoms with Gasteiger partial charge in [-0.25, -0.2) is 9.97 Å². The van der Waals surface area contributed by atoms with Gasteiger partial charge in [0.1, 0.15) is 0 Å². The quantitative estimate of drug-likeness (QED) is 0.170. The Bertz CT molecular complexity index is 2960. The molecule has 262 valence electrons. The van der Waals surface area contributed by atoms with Crippen molar-refractivity contribution in [3.63, 3.8) is 0 Å². The molecule has 1 aliphatic rings. The third-order valence-corrected chi connectivity index (χ3v) is 12.5. The molecule has 0 radical (unpaired) electrons. The molecule has 2 heterocycles. The van der Waals surface area contributed by atoms with Gasteiger partial charge in [0.05, 0.1) is 16.8 Å². The van der Waals surface area contributed by atoms with E-state index in [4.69, 9.17) is 9.97 Å². The molecule has 2 aromatic heterocycles. The van der Waals surface area contributed by atoms with Crippen LogP contribution in [0.15, 0.2) is 206 Å². The van der Waals surface area contributed by atoms with Crippen LogP contribution in [0.1, 0.15) is 22.3 Å². The minimum absolute atomic E-state index is 0.559. The van der Waals surface area contributed by atoms with Crippen LogP contribution in [0.5, 0.6) is 0 Å². The normalized spacial score (nSPS) is 12.8. The standard InChI is InChI=1S/C53H34N2S/c1-5-17-35(18-6-1)48-34-49(36-19-7-2-8-20-36)55-52(54-48)45-33-47-44(32-43(45)37-29-30-42-41-26-14-16-28-50(41)56-51(42)31-37)40-25-13-15-27-46(40)53(47,38-21-9-3-10-22-38)39-23-11-4-12-24-39/h1-34H. The maximum Gasteiger partial charge on any atom is 0.161 e. The van der Waals surface area contributed by atoms with Crippen molar-refractivity contribution < 1.29 is 0 Å². The molecule has 0 aliphatic heterocycles. The summed E-state index contributed by atoms with van der Waals surface area (Å²) in [6, 6.07) is 74.5. The zero-order valence-corrected chi connectivity index (χ0v) is 31.2. The van der Waals surface area contributed by atoms with Gasteiger partial charge < -0.3 is 0 Å². The van der Waals surface area contributed by atoms with Gasteiger partial charge in [-0.05, 0) is 74.8 Å². The van der Waals surface area contributed by atoms with Crippen LogP contribution in [0, 0.1) is 0 Å². The molecule has 11 rings (SSSR count). The Morgan fingerprint density at radius 2 is 0.893 bits per heavy atom. The Morgan fingerprint density at radius 1 is 0.339 bits per heavy atom. The molecule has 0 saturated heterocycles. The first-order valence-corrected chi connectivity index (χ1v) is 19.9. The number of rotatable bonds is 6. The van der Waals surface area contributed by atoms with E-state index in [1.807, 2.05) is 11.3 Å². The molecule has 2 nitrogen and oxygen atoms in total. The van der Waals surface area contributed by atoms with E-state index in [-0.39, 0.29) is 0 Å². The maximum absolute atomic E-state index is 5.44. The topological polar surface area (TPSA) is 25.8 Å². The molecule has 56 heavy (non-hydrogen) atoms. The molecule has 1 aliphatic carbocycles. The Hall–Kier alpha value is -6.94. The average Bonchev–Trinajstić information content (AvgIpc) is 3.80. The first-order valence-electron chi connectivity index (χ1n) is 19.1. The summed E-state index contributed by atoms with van der Waals surface area (Å²) in [6.45, 7) is 0. The number of nitrogens with zero attached hydrogens (tertiary/aromatic N) is 2. The van der Waals surface area contributed by atoms with Gasteiger partial charge in [-0.3, -0.25) is 0 Å². The van der Waals surface area contributed by atoms with Crippen LogP contribution in [-0.4, -0.2) is 9.97 Å². The van der Waals surface area contributed by atoms with Crippen molar-refractivity contribution in [2.45, 2.75) is 5.41 Å². The molecule has 0 atom stereocenters. The van der Waals surface area contributed by atoms with Crippen LogP contribution in [0.25, 0.3) is 76.3 Å². The summed E-state index contributed by atoms with van der Waals surface area (Å²) in [7, 11) is 0. The minimum Gasteiger partial charge on any atom is -0.228 e. The number of hydrogen-bond acceptors (Lipinski definition) is 3. The number of fused-ring (bicyclic) bond motifs is 6. The van der Waals surface area contributed by atoms with Gasteiger partial charge in [-0.15, -0.1) is 11.3 Å². The number of aromatic nitrogens is 2. The summed E-state index contributed by atoms with van der Waals surface area (Å²) in [6.07, 6.45) is 0. The molecule has 0 fully saturated rings. The molecule has 10 aromatic rings. The molecule has 3 heteroatoms. The summed E-state index contributed by atoms with van der Waals surface area (Å²) < 4.78 is 2.56. The van der Waals surface area contributed by atoms with Gasteiger partial charge in [-0.1, -0.05) is 176 Å². The largest absolute Gasteiger partial charge is 0.228 e. The SMILES string of the molecule is c1ccc(-c2cc(-c3ccccc3)nc(-c3cc4c(cc3-c3ccc5c(c3)sc3ccccc35)-c3ccccc3C4(c3ccccc3)c3ccccc3)n2)cc1. The van der Waals surface area contributed by atoms with E-state index in [0.29, 0.717) is 5.82 Å². The van der Waals surface area contributed by atoms with Gasteiger partial charge >= 0.3 is 0 Å². The van der Waals surface area contributed by atoms with Crippen LogP contribution in [0.4, 0.5) is 0 Å². The van der Waals surface area contributed by atoms with Crippen molar-refractivity contribution in [1.82, 2.24) is 9.97 Å². The molecule has 0 saturated carbocycles. The second kappa shape index (κ2) is 13.1. The maximum atomic E-state index is 5.44. The highest BCUT2D eigenvalue weighted by atomic mass is 32.1. The third kappa shape index (κ3) is 5.09. The fourth-order valence-corrected chi connectivity index (χ4v) is 10.0. The van der Waals surface area contributed by atoms with E-state index in [1.54, 1.807) is 0 Å². The summed E-state index contributed by atoms with van der Waals surface area (Å²) in [5.74, 6) is 0.699. The van der Waals surface area contributed by atoms with Gasteiger partial charge in [0.2, 0.25) is 0 Å². The number of benzene rings is 8. The highest BCUT2D eigenvalue weighted by Crippen LogP contribution is 2.58. The minimum atomic E-state index is -0.559. The van der Waals surface area contributed by atoms with Crippen molar-refractivity contribution in [3.8, 4) is 56.2 Å². The number of hydrogen-bond donors (Lipinski definition) is 0. The summed E-state index contributed by atoms with van der Waals surface area (Å²) in [4.78, 5) is 10.9. The smallest absolute Gasteiger partial charge is 0.161 e. The van der Waals surface area contributed by atoms with E-state index >= 15 is 0 Å². The molecule has 0 unspecified atom stereocenters. The highest BCUT2D eigenvalue weighted by Gasteiger charge is 2.46. The van der Waals surface area contributed by atoms with E-state index in [1.165, 1.54) is 53.6 Å². The monoisotopic (exact) mass is 730 g/mol. The first-order chi connectivity index (χ1) is 27.8. The van der Waals surface area contributed by atoms with Gasteiger partial charge in [0.25, 0.3) is 0 Å². The summed E-state index contributed by atoms with van der Waals surface area (Å²) in [5, 5.41) is 2.58. The Morgan fingerprint density at radius 3 is 1.55 bits per heavy atom. The van der Waals surface area contributed by atoms with Crippen molar-refractivity contribution in [1.29, 1.82) is 0 Å². The predicted molar refractivity (Wildman–Crippen MR) is 234 cm³/mol. The fourth-order valence-electron chi connectivity index (χ4n) is 8.89. The van der Waals surface area contributed by atoms with Gasteiger partial charge in [-0.2, -0.15) is 0 Å². The van der Waals surface area contributed by atoms with E-state index in [9.17, 15) is 0 Å². The third-order valence-electron chi connectivity index (χ3n) is 11.4. The van der Waals surface area contributed by atoms with Crippen molar-refractivity contribution in [2.24, 2.45) is 0 Å². The molecule has 0 bridgehead atoms. The van der Waals surface area contributed by atoms with Crippen molar-refractivity contribution in [3.05, 3.63) is 229 Å². The molecule has 0 amide bonds. The summed E-state index contributed by atoms with van der Waals surface area (Å²) >= 11 is 1.85. The van der Waals surface area contributed by atoms with Crippen LogP contribution in [0.3, 0.4) is 0 Å². The van der Waals surface area contributed by atoms with Crippen molar-refractivity contribution in [2.75, 3.05) is 0 Å². The number of thiophene rings is 1. The highest BCUT2D eigenvalue weighted by molar-refractivity contribution is 7.25. The van der Waals surface area contributed by atoms with E-state index < -0.39 is 5.41 Å². The van der Waals surface area contributed by atoms with E-state index in [2.05, 4.69) is 206 Å². The lowest BCUT2D eigenvalue weighted by Gasteiger charge is -2.34. The molecule has 0 N–H and O–H groups in total. The lowest BCUT2D eigenvalue weighted by atomic mass is 9.67. The molecular formula is C53H34N2S. The Labute approximate surface area is 330 Å². The van der Waals surface area contributed by atoms with E-state index in [0.717, 1.165) is 39.2 Å².